The fourth-order valence-electron chi connectivity index (χ4n) is 1.61. The minimum Gasteiger partial charge on any atom is -0.485 e. The van der Waals surface area contributed by atoms with Crippen molar-refractivity contribution in [1.29, 1.82) is 0 Å². The molecule has 0 fully saturated rings. The molecule has 0 atom stereocenters. The van der Waals surface area contributed by atoms with Gasteiger partial charge in [0.2, 0.25) is 0 Å². The van der Waals surface area contributed by atoms with Crippen LogP contribution in [0.2, 0.25) is 0 Å². The highest BCUT2D eigenvalue weighted by Crippen LogP contribution is 2.35. The molecule has 0 saturated carbocycles. The van der Waals surface area contributed by atoms with Crippen molar-refractivity contribution < 1.29 is 14.6 Å². The lowest BCUT2D eigenvalue weighted by molar-refractivity contribution is -0.131. The number of hydrogen-bond acceptors (Lipinski definition) is 3. The van der Waals surface area contributed by atoms with Crippen molar-refractivity contribution in [3.05, 3.63) is 62.8 Å². The van der Waals surface area contributed by atoms with Crippen LogP contribution < -0.4 is 4.74 Å². The van der Waals surface area contributed by atoms with Gasteiger partial charge in [0.25, 0.3) is 0 Å². The van der Waals surface area contributed by atoms with E-state index in [9.17, 15) is 4.79 Å². The standard InChI is InChI=1S/C15H11Br2NO3/c16-12-7-10(4-5-14(19)20)8-13(17)15(12)21-9-11-3-1-2-6-18-11/h1-8H,9H2,(H,19,20)/b5-4+. The third-order valence-corrected chi connectivity index (χ3v) is 3.71. The van der Waals surface area contributed by atoms with E-state index >= 15 is 0 Å². The molecule has 1 aromatic heterocycles. The van der Waals surface area contributed by atoms with Crippen molar-refractivity contribution >= 4 is 43.9 Å². The van der Waals surface area contributed by atoms with Gasteiger partial charge < -0.3 is 9.84 Å². The average Bonchev–Trinajstić information content (AvgIpc) is 2.45. The van der Waals surface area contributed by atoms with Gasteiger partial charge in [-0.25, -0.2) is 4.79 Å². The van der Waals surface area contributed by atoms with E-state index in [1.807, 2.05) is 18.2 Å². The maximum atomic E-state index is 10.5. The van der Waals surface area contributed by atoms with Gasteiger partial charge in [-0.3, -0.25) is 4.98 Å². The van der Waals surface area contributed by atoms with Crippen LogP contribution in [0, 0.1) is 0 Å². The Hall–Kier alpha value is -1.66. The van der Waals surface area contributed by atoms with Crippen LogP contribution in [-0.4, -0.2) is 16.1 Å². The molecule has 0 spiro atoms. The molecule has 108 valence electrons. The number of carboxylic acids is 1. The lowest BCUT2D eigenvalue weighted by Crippen LogP contribution is -1.99. The summed E-state index contributed by atoms with van der Waals surface area (Å²) in [6.45, 7) is 0.350. The highest BCUT2D eigenvalue weighted by Gasteiger charge is 2.09. The Morgan fingerprint density at radius 2 is 2.00 bits per heavy atom. The Labute approximate surface area is 138 Å². The molecular formula is C15H11Br2NO3. The molecule has 4 nitrogen and oxygen atoms in total. The first-order chi connectivity index (χ1) is 10.1. The fourth-order valence-corrected chi connectivity index (χ4v) is 3.06. The van der Waals surface area contributed by atoms with Gasteiger partial charge in [-0.05, 0) is 67.8 Å². The summed E-state index contributed by atoms with van der Waals surface area (Å²) in [5.41, 5.74) is 1.58. The second-order valence-electron chi connectivity index (χ2n) is 4.09. The van der Waals surface area contributed by atoms with Crippen LogP contribution in [0.3, 0.4) is 0 Å². The van der Waals surface area contributed by atoms with Crippen molar-refractivity contribution in [2.75, 3.05) is 0 Å². The SMILES string of the molecule is O=C(O)/C=C/c1cc(Br)c(OCc2ccccn2)c(Br)c1. The van der Waals surface area contributed by atoms with Crippen molar-refractivity contribution in [2.24, 2.45) is 0 Å². The highest BCUT2D eigenvalue weighted by atomic mass is 79.9. The molecule has 21 heavy (non-hydrogen) atoms. The molecule has 6 heteroatoms. The monoisotopic (exact) mass is 411 g/mol. The van der Waals surface area contributed by atoms with Crippen molar-refractivity contribution in [3.63, 3.8) is 0 Å². The lowest BCUT2D eigenvalue weighted by atomic mass is 10.2. The number of carbonyl (C=O) groups is 1. The van der Waals surface area contributed by atoms with E-state index in [0.29, 0.717) is 12.4 Å². The van der Waals surface area contributed by atoms with Gasteiger partial charge in [-0.1, -0.05) is 6.07 Å². The summed E-state index contributed by atoms with van der Waals surface area (Å²) < 4.78 is 7.21. The number of benzene rings is 1. The molecular weight excluding hydrogens is 402 g/mol. The number of aliphatic carboxylic acids is 1. The first-order valence-corrected chi connectivity index (χ1v) is 7.57. The number of nitrogens with zero attached hydrogens (tertiary/aromatic N) is 1. The summed E-state index contributed by atoms with van der Waals surface area (Å²) in [5, 5.41) is 8.64. The van der Waals surface area contributed by atoms with Crippen LogP contribution in [0.4, 0.5) is 0 Å². The van der Waals surface area contributed by atoms with E-state index in [4.69, 9.17) is 9.84 Å². The predicted molar refractivity (Wildman–Crippen MR) is 87.1 cm³/mol. The number of pyridine rings is 1. The van der Waals surface area contributed by atoms with Gasteiger partial charge >= 0.3 is 5.97 Å². The first-order valence-electron chi connectivity index (χ1n) is 5.99. The molecule has 0 saturated heterocycles. The topological polar surface area (TPSA) is 59.4 Å². The van der Waals surface area contributed by atoms with Crippen LogP contribution in [0.5, 0.6) is 5.75 Å². The number of hydrogen-bond donors (Lipinski definition) is 1. The quantitative estimate of drug-likeness (QED) is 0.744. The van der Waals surface area contributed by atoms with E-state index in [2.05, 4.69) is 36.8 Å². The highest BCUT2D eigenvalue weighted by molar-refractivity contribution is 9.11. The fraction of sp³-hybridized carbons (Fsp3) is 0.0667. The molecule has 0 unspecified atom stereocenters. The molecule has 1 heterocycles. The summed E-state index contributed by atoms with van der Waals surface area (Å²) in [7, 11) is 0. The zero-order valence-electron chi connectivity index (χ0n) is 10.8. The van der Waals surface area contributed by atoms with Crippen molar-refractivity contribution in [3.8, 4) is 5.75 Å². The van der Waals surface area contributed by atoms with Crippen LogP contribution in [0.25, 0.3) is 6.08 Å². The summed E-state index contributed by atoms with van der Waals surface area (Å²) >= 11 is 6.84. The van der Waals surface area contributed by atoms with E-state index in [-0.39, 0.29) is 0 Å². The van der Waals surface area contributed by atoms with Gasteiger partial charge in [-0.15, -0.1) is 0 Å². The molecule has 0 bridgehead atoms. The van der Waals surface area contributed by atoms with Gasteiger partial charge in [0.1, 0.15) is 12.4 Å². The summed E-state index contributed by atoms with van der Waals surface area (Å²) in [5.74, 6) is -0.342. The summed E-state index contributed by atoms with van der Waals surface area (Å²) in [6.07, 6.45) is 4.31. The minimum atomic E-state index is -0.988. The number of carboxylic acid groups (broad SMARTS) is 1. The normalized spacial score (nSPS) is 10.8. The number of halogens is 2. The second-order valence-corrected chi connectivity index (χ2v) is 5.80. The molecule has 2 rings (SSSR count). The van der Waals surface area contributed by atoms with Crippen molar-refractivity contribution in [1.82, 2.24) is 4.98 Å². The second kappa shape index (κ2) is 7.38. The first kappa shape index (κ1) is 15.7. The summed E-state index contributed by atoms with van der Waals surface area (Å²) in [4.78, 5) is 14.7. The lowest BCUT2D eigenvalue weighted by Gasteiger charge is -2.11. The van der Waals surface area contributed by atoms with Gasteiger partial charge in [-0.2, -0.15) is 0 Å². The molecule has 2 aromatic rings. The third-order valence-electron chi connectivity index (χ3n) is 2.53. The molecule has 0 amide bonds. The average molecular weight is 413 g/mol. The zero-order chi connectivity index (χ0) is 15.2. The van der Waals surface area contributed by atoms with E-state index in [0.717, 1.165) is 26.3 Å². The van der Waals surface area contributed by atoms with Gasteiger partial charge in [0.05, 0.1) is 14.6 Å². The maximum Gasteiger partial charge on any atom is 0.328 e. The molecule has 0 aliphatic heterocycles. The zero-order valence-corrected chi connectivity index (χ0v) is 14.0. The van der Waals surface area contributed by atoms with Crippen LogP contribution in [-0.2, 0) is 11.4 Å². The van der Waals surface area contributed by atoms with E-state index in [1.54, 1.807) is 18.3 Å². The summed E-state index contributed by atoms with van der Waals surface area (Å²) in [6, 6.07) is 9.20. The number of aromatic nitrogens is 1. The number of rotatable bonds is 5. The van der Waals surface area contributed by atoms with Crippen molar-refractivity contribution in [2.45, 2.75) is 6.61 Å². The van der Waals surface area contributed by atoms with Crippen LogP contribution in [0.15, 0.2) is 51.6 Å². The molecule has 1 N–H and O–H groups in total. The van der Waals surface area contributed by atoms with Crippen LogP contribution >= 0.6 is 31.9 Å². The van der Waals surface area contributed by atoms with E-state index in [1.165, 1.54) is 6.08 Å². The smallest absolute Gasteiger partial charge is 0.328 e. The third kappa shape index (κ3) is 4.68. The largest absolute Gasteiger partial charge is 0.485 e. The minimum absolute atomic E-state index is 0.350. The number of ether oxygens (including phenoxy) is 1. The molecule has 1 aromatic carbocycles. The Morgan fingerprint density at radius 1 is 1.29 bits per heavy atom. The Morgan fingerprint density at radius 3 is 2.57 bits per heavy atom. The Balaban J connectivity index is 2.15. The van der Waals surface area contributed by atoms with Crippen LogP contribution in [0.1, 0.15) is 11.3 Å². The Kier molecular flexibility index (Phi) is 5.52. The molecule has 0 aliphatic carbocycles. The maximum absolute atomic E-state index is 10.5. The predicted octanol–water partition coefficient (Wildman–Crippen LogP) is 4.28. The van der Waals surface area contributed by atoms with Gasteiger partial charge in [0, 0.05) is 12.3 Å². The molecule has 0 radical (unpaired) electrons. The Bertz CT molecular complexity index is 649. The van der Waals surface area contributed by atoms with E-state index < -0.39 is 5.97 Å². The molecule has 0 aliphatic rings. The van der Waals surface area contributed by atoms with Gasteiger partial charge in [0.15, 0.2) is 0 Å².